The Morgan fingerprint density at radius 2 is 2.05 bits per heavy atom. The normalized spacial score (nSPS) is 14.2. The molecular formula is C16H22N2OS. The SMILES string of the molecule is CCNc1nc2ccccc2cc1CSC(C)C(C)O. The van der Waals surface area contributed by atoms with Gasteiger partial charge in [0.15, 0.2) is 0 Å². The molecule has 0 aliphatic carbocycles. The Morgan fingerprint density at radius 1 is 1.30 bits per heavy atom. The molecule has 0 radical (unpaired) electrons. The first kappa shape index (κ1) is 15.1. The van der Waals surface area contributed by atoms with Crippen molar-refractivity contribution in [2.75, 3.05) is 11.9 Å². The van der Waals surface area contributed by atoms with Crippen molar-refractivity contribution in [1.29, 1.82) is 0 Å². The lowest BCUT2D eigenvalue weighted by atomic mass is 10.1. The van der Waals surface area contributed by atoms with E-state index in [2.05, 4.69) is 31.3 Å². The maximum Gasteiger partial charge on any atom is 0.130 e. The van der Waals surface area contributed by atoms with Crippen molar-refractivity contribution in [2.45, 2.75) is 37.9 Å². The molecule has 2 atom stereocenters. The van der Waals surface area contributed by atoms with Crippen molar-refractivity contribution in [3.8, 4) is 0 Å². The zero-order valence-corrected chi connectivity index (χ0v) is 13.1. The molecule has 2 N–H and O–H groups in total. The number of para-hydroxylation sites is 1. The first-order valence-corrected chi connectivity index (χ1v) is 8.09. The smallest absolute Gasteiger partial charge is 0.130 e. The highest BCUT2D eigenvalue weighted by Gasteiger charge is 2.12. The van der Waals surface area contributed by atoms with Gasteiger partial charge in [-0.3, -0.25) is 0 Å². The summed E-state index contributed by atoms with van der Waals surface area (Å²) in [5.74, 6) is 1.81. The van der Waals surface area contributed by atoms with Gasteiger partial charge in [0.25, 0.3) is 0 Å². The van der Waals surface area contributed by atoms with Gasteiger partial charge in [0.1, 0.15) is 5.82 Å². The summed E-state index contributed by atoms with van der Waals surface area (Å²) in [7, 11) is 0. The summed E-state index contributed by atoms with van der Waals surface area (Å²) in [6.45, 7) is 6.82. The Kier molecular flexibility index (Phi) is 5.26. The van der Waals surface area contributed by atoms with Crippen LogP contribution in [0.1, 0.15) is 26.3 Å². The first-order valence-electron chi connectivity index (χ1n) is 7.04. The largest absolute Gasteiger partial charge is 0.392 e. The second-order valence-corrected chi connectivity index (χ2v) is 6.34. The number of aliphatic hydroxyl groups excluding tert-OH is 1. The summed E-state index contributed by atoms with van der Waals surface area (Å²) >= 11 is 1.76. The van der Waals surface area contributed by atoms with E-state index in [-0.39, 0.29) is 11.4 Å². The van der Waals surface area contributed by atoms with Gasteiger partial charge in [0.2, 0.25) is 0 Å². The van der Waals surface area contributed by atoms with Crippen LogP contribution >= 0.6 is 11.8 Å². The number of benzene rings is 1. The van der Waals surface area contributed by atoms with E-state index < -0.39 is 0 Å². The van der Waals surface area contributed by atoms with Gasteiger partial charge in [-0.25, -0.2) is 4.98 Å². The standard InChI is InChI=1S/C16H22N2OS/c1-4-17-16-14(10-20-12(3)11(2)19)9-13-7-5-6-8-15(13)18-16/h5-9,11-12,19H,4,10H2,1-3H3,(H,17,18). The molecule has 0 saturated carbocycles. The maximum absolute atomic E-state index is 9.59. The van der Waals surface area contributed by atoms with Gasteiger partial charge in [-0.05, 0) is 26.0 Å². The van der Waals surface area contributed by atoms with E-state index >= 15 is 0 Å². The van der Waals surface area contributed by atoms with E-state index in [1.165, 1.54) is 5.56 Å². The molecule has 3 nitrogen and oxygen atoms in total. The Morgan fingerprint density at radius 3 is 2.75 bits per heavy atom. The van der Waals surface area contributed by atoms with Crippen molar-refractivity contribution in [2.24, 2.45) is 0 Å². The molecule has 0 spiro atoms. The van der Waals surface area contributed by atoms with Gasteiger partial charge in [0, 0.05) is 28.5 Å². The van der Waals surface area contributed by atoms with Crippen molar-refractivity contribution >= 4 is 28.5 Å². The summed E-state index contributed by atoms with van der Waals surface area (Å²) in [4.78, 5) is 4.70. The third-order valence-electron chi connectivity index (χ3n) is 3.33. The molecule has 2 rings (SSSR count). The van der Waals surface area contributed by atoms with E-state index in [0.29, 0.717) is 0 Å². The molecule has 0 bridgehead atoms. The third-order valence-corrected chi connectivity index (χ3v) is 4.73. The molecule has 1 aromatic heterocycles. The molecule has 2 unspecified atom stereocenters. The average molecular weight is 290 g/mol. The van der Waals surface area contributed by atoms with Crippen molar-refractivity contribution in [1.82, 2.24) is 4.98 Å². The Balaban J connectivity index is 2.27. The number of aliphatic hydroxyl groups is 1. The number of fused-ring (bicyclic) bond motifs is 1. The Hall–Kier alpha value is -1.26. The summed E-state index contributed by atoms with van der Waals surface area (Å²) in [5, 5.41) is 14.3. The van der Waals surface area contributed by atoms with E-state index in [9.17, 15) is 5.11 Å². The Bertz CT molecular complexity index is 571. The highest BCUT2D eigenvalue weighted by atomic mass is 32.2. The summed E-state index contributed by atoms with van der Waals surface area (Å²) in [6, 6.07) is 10.4. The topological polar surface area (TPSA) is 45.2 Å². The van der Waals surface area contributed by atoms with Gasteiger partial charge in [-0.1, -0.05) is 25.1 Å². The number of hydrogen-bond donors (Lipinski definition) is 2. The monoisotopic (exact) mass is 290 g/mol. The summed E-state index contributed by atoms with van der Waals surface area (Å²) in [6.07, 6.45) is -0.295. The van der Waals surface area contributed by atoms with Gasteiger partial charge in [0.05, 0.1) is 11.6 Å². The Labute approximate surface area is 124 Å². The van der Waals surface area contributed by atoms with Crippen molar-refractivity contribution in [3.05, 3.63) is 35.9 Å². The summed E-state index contributed by atoms with van der Waals surface area (Å²) in [5.41, 5.74) is 2.21. The number of anilines is 1. The number of pyridine rings is 1. The number of aromatic nitrogens is 1. The van der Waals surface area contributed by atoms with Gasteiger partial charge in [-0.15, -0.1) is 0 Å². The van der Waals surface area contributed by atoms with Crippen LogP contribution in [0.5, 0.6) is 0 Å². The highest BCUT2D eigenvalue weighted by molar-refractivity contribution is 7.99. The summed E-state index contributed by atoms with van der Waals surface area (Å²) < 4.78 is 0. The van der Waals surface area contributed by atoms with Crippen LogP contribution in [0, 0.1) is 0 Å². The van der Waals surface area contributed by atoms with Crippen LogP contribution < -0.4 is 5.32 Å². The number of hydrogen-bond acceptors (Lipinski definition) is 4. The fraction of sp³-hybridized carbons (Fsp3) is 0.438. The molecule has 0 saturated heterocycles. The zero-order chi connectivity index (χ0) is 14.5. The minimum absolute atomic E-state index is 0.218. The van der Waals surface area contributed by atoms with E-state index in [1.807, 2.05) is 25.1 Å². The lowest BCUT2D eigenvalue weighted by Gasteiger charge is -2.16. The molecule has 1 aromatic carbocycles. The number of nitrogens with one attached hydrogen (secondary N) is 1. The van der Waals surface area contributed by atoms with Gasteiger partial charge < -0.3 is 10.4 Å². The fourth-order valence-electron chi connectivity index (χ4n) is 1.95. The fourth-order valence-corrected chi connectivity index (χ4v) is 2.89. The zero-order valence-electron chi connectivity index (χ0n) is 12.3. The molecule has 2 aromatic rings. The molecule has 0 amide bonds. The predicted molar refractivity (Wildman–Crippen MR) is 88.3 cm³/mol. The number of rotatable bonds is 6. The molecule has 0 aliphatic heterocycles. The molecule has 108 valence electrons. The number of thioether (sulfide) groups is 1. The third kappa shape index (κ3) is 3.64. The van der Waals surface area contributed by atoms with Gasteiger partial charge >= 0.3 is 0 Å². The van der Waals surface area contributed by atoms with Crippen LogP contribution in [0.25, 0.3) is 10.9 Å². The van der Waals surface area contributed by atoms with Gasteiger partial charge in [-0.2, -0.15) is 11.8 Å². The maximum atomic E-state index is 9.59. The molecule has 4 heteroatoms. The second kappa shape index (κ2) is 6.95. The minimum Gasteiger partial charge on any atom is -0.392 e. The minimum atomic E-state index is -0.295. The molecule has 0 fully saturated rings. The van der Waals surface area contributed by atoms with E-state index in [1.54, 1.807) is 11.8 Å². The predicted octanol–water partition coefficient (Wildman–Crippen LogP) is 3.67. The lowest BCUT2D eigenvalue weighted by Crippen LogP contribution is -2.15. The van der Waals surface area contributed by atoms with Crippen molar-refractivity contribution in [3.63, 3.8) is 0 Å². The van der Waals surface area contributed by atoms with Crippen molar-refractivity contribution < 1.29 is 5.11 Å². The quantitative estimate of drug-likeness (QED) is 0.852. The van der Waals surface area contributed by atoms with E-state index in [0.717, 1.165) is 29.0 Å². The second-order valence-electron chi connectivity index (χ2n) is 4.98. The molecule has 20 heavy (non-hydrogen) atoms. The van der Waals surface area contributed by atoms with Crippen LogP contribution in [0.2, 0.25) is 0 Å². The van der Waals surface area contributed by atoms with Crippen LogP contribution in [0.15, 0.2) is 30.3 Å². The average Bonchev–Trinajstić information content (AvgIpc) is 2.44. The number of nitrogens with zero attached hydrogens (tertiary/aromatic N) is 1. The van der Waals surface area contributed by atoms with E-state index in [4.69, 9.17) is 4.98 Å². The molecular weight excluding hydrogens is 268 g/mol. The molecule has 0 aliphatic rings. The lowest BCUT2D eigenvalue weighted by molar-refractivity contribution is 0.196. The first-order chi connectivity index (χ1) is 9.61. The van der Waals surface area contributed by atoms with Crippen LogP contribution in [0.3, 0.4) is 0 Å². The van der Waals surface area contributed by atoms with Crippen LogP contribution in [-0.4, -0.2) is 28.0 Å². The van der Waals surface area contributed by atoms with Crippen LogP contribution in [-0.2, 0) is 5.75 Å². The highest BCUT2D eigenvalue weighted by Crippen LogP contribution is 2.27. The van der Waals surface area contributed by atoms with Crippen LogP contribution in [0.4, 0.5) is 5.82 Å². The molecule has 1 heterocycles.